The molecule has 2 N–H and O–H groups in total. The number of alkyl halides is 3. The van der Waals surface area contributed by atoms with Crippen LogP contribution in [0.4, 0.5) is 13.2 Å². The molecular formula is C13H27F3N2O2. The van der Waals surface area contributed by atoms with E-state index in [1.807, 2.05) is 13.8 Å². The zero-order chi connectivity index (χ0) is 15.6. The van der Waals surface area contributed by atoms with Crippen molar-refractivity contribution in [1.29, 1.82) is 0 Å². The van der Waals surface area contributed by atoms with Gasteiger partial charge in [0.15, 0.2) is 0 Å². The molecule has 0 aromatic heterocycles. The highest BCUT2D eigenvalue weighted by molar-refractivity contribution is 4.87. The van der Waals surface area contributed by atoms with Crippen LogP contribution in [-0.4, -0.2) is 62.7 Å². The van der Waals surface area contributed by atoms with Gasteiger partial charge >= 0.3 is 6.18 Å². The Morgan fingerprint density at radius 2 is 1.45 bits per heavy atom. The van der Waals surface area contributed by atoms with E-state index in [0.717, 1.165) is 0 Å². The molecule has 0 saturated carbocycles. The molecular weight excluding hydrogens is 273 g/mol. The van der Waals surface area contributed by atoms with Crippen molar-refractivity contribution in [3.05, 3.63) is 0 Å². The first-order chi connectivity index (χ1) is 9.38. The summed E-state index contributed by atoms with van der Waals surface area (Å²) in [5, 5.41) is 0. The van der Waals surface area contributed by atoms with Gasteiger partial charge in [-0.1, -0.05) is 6.92 Å². The SMILES string of the molecule is CCOCCN(CCOCC)C(C(N)CC)C(F)(F)F. The molecule has 0 bridgehead atoms. The van der Waals surface area contributed by atoms with Crippen LogP contribution in [0.3, 0.4) is 0 Å². The van der Waals surface area contributed by atoms with Crippen LogP contribution >= 0.6 is 0 Å². The smallest absolute Gasteiger partial charge is 0.380 e. The monoisotopic (exact) mass is 300 g/mol. The molecule has 2 unspecified atom stereocenters. The average Bonchev–Trinajstić information content (AvgIpc) is 2.37. The van der Waals surface area contributed by atoms with Gasteiger partial charge in [0.1, 0.15) is 6.04 Å². The van der Waals surface area contributed by atoms with E-state index < -0.39 is 18.3 Å². The van der Waals surface area contributed by atoms with Gasteiger partial charge in [-0.2, -0.15) is 13.2 Å². The van der Waals surface area contributed by atoms with Gasteiger partial charge in [-0.25, -0.2) is 0 Å². The number of hydrogen-bond donors (Lipinski definition) is 1. The fourth-order valence-corrected chi connectivity index (χ4v) is 1.99. The van der Waals surface area contributed by atoms with E-state index in [1.165, 1.54) is 4.90 Å². The van der Waals surface area contributed by atoms with Crippen LogP contribution in [0.5, 0.6) is 0 Å². The zero-order valence-corrected chi connectivity index (χ0v) is 12.6. The van der Waals surface area contributed by atoms with Crippen LogP contribution in [0.15, 0.2) is 0 Å². The van der Waals surface area contributed by atoms with Gasteiger partial charge in [-0.15, -0.1) is 0 Å². The Morgan fingerprint density at radius 3 is 1.75 bits per heavy atom. The topological polar surface area (TPSA) is 47.7 Å². The van der Waals surface area contributed by atoms with E-state index >= 15 is 0 Å². The van der Waals surface area contributed by atoms with Gasteiger partial charge in [0.05, 0.1) is 13.2 Å². The average molecular weight is 300 g/mol. The third-order valence-corrected chi connectivity index (χ3v) is 3.06. The summed E-state index contributed by atoms with van der Waals surface area (Å²) >= 11 is 0. The second kappa shape index (κ2) is 10.4. The standard InChI is InChI=1S/C13H27F3N2O2/c1-4-11(17)12(13(14,15)16)18(7-9-19-5-2)8-10-20-6-3/h11-12H,4-10,17H2,1-3H3. The molecule has 7 heteroatoms. The highest BCUT2D eigenvalue weighted by Gasteiger charge is 2.46. The molecule has 0 heterocycles. The Bertz CT molecular complexity index is 230. The van der Waals surface area contributed by atoms with Crippen LogP contribution in [0, 0.1) is 0 Å². The summed E-state index contributed by atoms with van der Waals surface area (Å²) in [5.74, 6) is 0. The molecule has 0 amide bonds. The van der Waals surface area contributed by atoms with E-state index in [9.17, 15) is 13.2 Å². The van der Waals surface area contributed by atoms with E-state index in [2.05, 4.69) is 0 Å². The Balaban J connectivity index is 4.78. The Labute approximate surface area is 119 Å². The molecule has 0 radical (unpaired) electrons. The minimum Gasteiger partial charge on any atom is -0.380 e. The number of hydrogen-bond acceptors (Lipinski definition) is 4. The van der Waals surface area contributed by atoms with Gasteiger partial charge in [-0.3, -0.25) is 4.90 Å². The Hall–Kier alpha value is -0.370. The Kier molecular flexibility index (Phi) is 10.2. The third-order valence-electron chi connectivity index (χ3n) is 3.06. The number of rotatable bonds is 11. The largest absolute Gasteiger partial charge is 0.405 e. The van der Waals surface area contributed by atoms with E-state index in [-0.39, 0.29) is 32.7 Å². The van der Waals surface area contributed by atoms with Crippen LogP contribution in [0.2, 0.25) is 0 Å². The van der Waals surface area contributed by atoms with Crippen LogP contribution in [0.25, 0.3) is 0 Å². The second-order valence-corrected chi connectivity index (χ2v) is 4.49. The predicted molar refractivity (Wildman–Crippen MR) is 72.7 cm³/mol. The molecule has 0 spiro atoms. The summed E-state index contributed by atoms with van der Waals surface area (Å²) in [4.78, 5) is 1.32. The molecule has 122 valence electrons. The molecule has 0 fully saturated rings. The number of nitrogens with two attached hydrogens (primary N) is 1. The van der Waals surface area contributed by atoms with Gasteiger partial charge in [0.25, 0.3) is 0 Å². The summed E-state index contributed by atoms with van der Waals surface area (Å²) in [5.41, 5.74) is 5.67. The first-order valence-electron chi connectivity index (χ1n) is 7.10. The highest BCUT2D eigenvalue weighted by Crippen LogP contribution is 2.27. The molecule has 0 aromatic rings. The van der Waals surface area contributed by atoms with Crippen LogP contribution < -0.4 is 5.73 Å². The maximum Gasteiger partial charge on any atom is 0.405 e. The minimum atomic E-state index is -4.35. The highest BCUT2D eigenvalue weighted by atomic mass is 19.4. The summed E-state index contributed by atoms with van der Waals surface area (Å²) < 4.78 is 50.0. The van der Waals surface area contributed by atoms with Gasteiger partial charge < -0.3 is 15.2 Å². The van der Waals surface area contributed by atoms with E-state index in [0.29, 0.717) is 13.2 Å². The molecule has 0 rings (SSSR count). The van der Waals surface area contributed by atoms with Gasteiger partial charge in [0, 0.05) is 32.3 Å². The van der Waals surface area contributed by atoms with Crippen LogP contribution in [0.1, 0.15) is 27.2 Å². The van der Waals surface area contributed by atoms with Gasteiger partial charge in [-0.05, 0) is 20.3 Å². The second-order valence-electron chi connectivity index (χ2n) is 4.49. The van der Waals surface area contributed by atoms with Crippen molar-refractivity contribution in [2.75, 3.05) is 39.5 Å². The van der Waals surface area contributed by atoms with E-state index in [1.54, 1.807) is 6.92 Å². The Morgan fingerprint density at radius 1 is 1.00 bits per heavy atom. The van der Waals surface area contributed by atoms with Crippen molar-refractivity contribution < 1.29 is 22.6 Å². The molecule has 0 aromatic carbocycles. The quantitative estimate of drug-likeness (QED) is 0.593. The minimum absolute atomic E-state index is 0.193. The molecule has 4 nitrogen and oxygen atoms in total. The molecule has 20 heavy (non-hydrogen) atoms. The maximum absolute atomic E-state index is 13.2. The maximum atomic E-state index is 13.2. The lowest BCUT2D eigenvalue weighted by Crippen LogP contribution is -2.57. The lowest BCUT2D eigenvalue weighted by atomic mass is 10.0. The molecule has 0 saturated heterocycles. The first-order valence-corrected chi connectivity index (χ1v) is 7.10. The van der Waals surface area contributed by atoms with Crippen molar-refractivity contribution in [2.24, 2.45) is 5.73 Å². The van der Waals surface area contributed by atoms with Gasteiger partial charge in [0.2, 0.25) is 0 Å². The van der Waals surface area contributed by atoms with Crippen molar-refractivity contribution in [1.82, 2.24) is 4.90 Å². The zero-order valence-electron chi connectivity index (χ0n) is 12.6. The fourth-order valence-electron chi connectivity index (χ4n) is 1.99. The summed E-state index contributed by atoms with van der Waals surface area (Å²) in [6.45, 7) is 7.14. The first kappa shape index (κ1) is 19.6. The summed E-state index contributed by atoms with van der Waals surface area (Å²) in [6, 6.07) is -2.60. The lowest BCUT2D eigenvalue weighted by Gasteiger charge is -2.36. The summed E-state index contributed by atoms with van der Waals surface area (Å²) in [6.07, 6.45) is -4.09. The molecule has 0 aliphatic heterocycles. The van der Waals surface area contributed by atoms with Crippen LogP contribution in [-0.2, 0) is 9.47 Å². The number of ether oxygens (including phenoxy) is 2. The van der Waals surface area contributed by atoms with Crippen molar-refractivity contribution in [3.8, 4) is 0 Å². The fraction of sp³-hybridized carbons (Fsp3) is 1.00. The molecule has 2 atom stereocenters. The lowest BCUT2D eigenvalue weighted by molar-refractivity contribution is -0.192. The molecule has 0 aliphatic rings. The van der Waals surface area contributed by atoms with Crippen molar-refractivity contribution >= 4 is 0 Å². The van der Waals surface area contributed by atoms with Crippen molar-refractivity contribution in [3.63, 3.8) is 0 Å². The normalized spacial score (nSPS) is 15.6. The van der Waals surface area contributed by atoms with E-state index in [4.69, 9.17) is 15.2 Å². The molecule has 0 aliphatic carbocycles. The number of halogens is 3. The summed E-state index contributed by atoms with van der Waals surface area (Å²) in [7, 11) is 0. The predicted octanol–water partition coefficient (Wildman–Crippen LogP) is 2.03. The van der Waals surface area contributed by atoms with Crippen molar-refractivity contribution in [2.45, 2.75) is 45.5 Å². The number of nitrogens with zero attached hydrogens (tertiary/aromatic N) is 1. The third kappa shape index (κ3) is 7.42.